The van der Waals surface area contributed by atoms with Crippen LogP contribution in [0.25, 0.3) is 0 Å². The number of benzene rings is 1. The van der Waals surface area contributed by atoms with Crippen LogP contribution in [0.3, 0.4) is 0 Å². The zero-order valence-electron chi connectivity index (χ0n) is 11.2. The maximum Gasteiger partial charge on any atom is 0.0288 e. The Kier molecular flexibility index (Phi) is 7.14. The second kappa shape index (κ2) is 8.82. The van der Waals surface area contributed by atoms with Gasteiger partial charge in [0.15, 0.2) is 0 Å². The van der Waals surface area contributed by atoms with Crippen LogP contribution in [-0.4, -0.2) is 33.5 Å². The van der Waals surface area contributed by atoms with Gasteiger partial charge < -0.3 is 0 Å². The molecule has 2 atom stereocenters. The average Bonchev–Trinajstić information content (AvgIpc) is 3.35. The molecule has 0 bridgehead atoms. The molecule has 20 heavy (non-hydrogen) atoms. The molecular formula is C14H18S6. The zero-order valence-corrected chi connectivity index (χ0v) is 16.1. The summed E-state index contributed by atoms with van der Waals surface area (Å²) in [5, 5.41) is 1.91. The standard InChI is InChI=1S/C14H18S6/c1-2-11(5-17-19-9-13-7-15-13)4-12(3-1)6-18-20-10-14-8-16-14/h1-4,13-14H,5-10H2. The molecule has 6 heteroatoms. The van der Waals surface area contributed by atoms with E-state index in [0.717, 1.165) is 22.0 Å². The molecule has 2 unspecified atom stereocenters. The molecule has 0 amide bonds. The Bertz CT molecular complexity index is 381. The van der Waals surface area contributed by atoms with Crippen LogP contribution in [0.1, 0.15) is 11.1 Å². The molecule has 2 fully saturated rings. The third-order valence-corrected chi connectivity index (χ3v) is 10.1. The molecule has 1 aromatic rings. The van der Waals surface area contributed by atoms with Crippen molar-refractivity contribution in [2.75, 3.05) is 23.0 Å². The van der Waals surface area contributed by atoms with Gasteiger partial charge >= 0.3 is 0 Å². The van der Waals surface area contributed by atoms with Crippen molar-refractivity contribution in [2.45, 2.75) is 22.0 Å². The fourth-order valence-corrected chi connectivity index (χ4v) is 8.52. The van der Waals surface area contributed by atoms with E-state index in [2.05, 4.69) is 47.8 Å². The first-order valence-electron chi connectivity index (χ1n) is 6.70. The van der Waals surface area contributed by atoms with E-state index in [1.165, 1.54) is 34.1 Å². The summed E-state index contributed by atoms with van der Waals surface area (Å²) in [6.07, 6.45) is 0. The predicted octanol–water partition coefficient (Wildman–Crippen LogP) is 5.68. The van der Waals surface area contributed by atoms with Gasteiger partial charge in [-0.05, 0) is 11.1 Å². The number of rotatable bonds is 10. The van der Waals surface area contributed by atoms with Gasteiger partial charge in [0.1, 0.15) is 0 Å². The maximum atomic E-state index is 2.39. The number of thioether (sulfide) groups is 2. The summed E-state index contributed by atoms with van der Waals surface area (Å²) < 4.78 is 0. The van der Waals surface area contributed by atoms with Gasteiger partial charge in [-0.2, -0.15) is 23.5 Å². The van der Waals surface area contributed by atoms with Crippen LogP contribution in [-0.2, 0) is 11.5 Å². The highest BCUT2D eigenvalue weighted by Crippen LogP contribution is 2.39. The third kappa shape index (κ3) is 6.61. The summed E-state index contributed by atoms with van der Waals surface area (Å²) in [6, 6.07) is 9.14. The van der Waals surface area contributed by atoms with Crippen molar-refractivity contribution >= 4 is 66.7 Å². The zero-order chi connectivity index (χ0) is 13.6. The van der Waals surface area contributed by atoms with E-state index in [1.54, 1.807) is 0 Å². The second-order valence-electron chi connectivity index (χ2n) is 4.82. The first kappa shape index (κ1) is 16.2. The van der Waals surface area contributed by atoms with Gasteiger partial charge in [-0.25, -0.2) is 0 Å². The van der Waals surface area contributed by atoms with Crippen molar-refractivity contribution in [3.63, 3.8) is 0 Å². The SMILES string of the molecule is c1cc(CSSCC2CS2)cc(CSSCC2CS2)c1. The smallest absolute Gasteiger partial charge is 0.0288 e. The Balaban J connectivity index is 1.33. The minimum atomic E-state index is 0.955. The van der Waals surface area contributed by atoms with E-state index in [9.17, 15) is 0 Å². The quantitative estimate of drug-likeness (QED) is 0.290. The molecule has 2 aliphatic heterocycles. The monoisotopic (exact) mass is 378 g/mol. The molecule has 110 valence electrons. The summed E-state index contributed by atoms with van der Waals surface area (Å²) in [6.45, 7) is 0. The minimum Gasteiger partial charge on any atom is -0.156 e. The molecule has 1 aromatic carbocycles. The second-order valence-corrected chi connectivity index (χ2v) is 12.5. The summed E-state index contributed by atoms with van der Waals surface area (Å²) in [7, 11) is 8.11. The third-order valence-electron chi connectivity index (χ3n) is 2.92. The van der Waals surface area contributed by atoms with Gasteiger partial charge in [-0.3, -0.25) is 0 Å². The lowest BCUT2D eigenvalue weighted by Crippen LogP contribution is -1.87. The van der Waals surface area contributed by atoms with Crippen molar-refractivity contribution in [1.29, 1.82) is 0 Å². The topological polar surface area (TPSA) is 0 Å². The maximum absolute atomic E-state index is 2.39. The van der Waals surface area contributed by atoms with Crippen LogP contribution in [0, 0.1) is 0 Å². The fourth-order valence-electron chi connectivity index (χ4n) is 1.61. The van der Waals surface area contributed by atoms with Gasteiger partial charge in [0.25, 0.3) is 0 Å². The Hall–Kier alpha value is 1.32. The van der Waals surface area contributed by atoms with E-state index in [1.807, 2.05) is 43.2 Å². The Morgan fingerprint density at radius 1 is 0.850 bits per heavy atom. The predicted molar refractivity (Wildman–Crippen MR) is 106 cm³/mol. The first-order valence-corrected chi connectivity index (χ1v) is 13.8. The van der Waals surface area contributed by atoms with E-state index < -0.39 is 0 Å². The lowest BCUT2D eigenvalue weighted by atomic mass is 10.2. The summed E-state index contributed by atoms with van der Waals surface area (Å²) >= 11 is 4.19. The molecule has 0 N–H and O–H groups in total. The molecule has 2 saturated heterocycles. The molecule has 0 nitrogen and oxygen atoms in total. The number of hydrogen-bond acceptors (Lipinski definition) is 6. The average molecular weight is 379 g/mol. The van der Waals surface area contributed by atoms with Crippen LogP contribution in [0.4, 0.5) is 0 Å². The van der Waals surface area contributed by atoms with Crippen LogP contribution in [0.2, 0.25) is 0 Å². The lowest BCUT2D eigenvalue weighted by Gasteiger charge is -2.05. The highest BCUT2D eigenvalue weighted by Gasteiger charge is 2.22. The van der Waals surface area contributed by atoms with Crippen molar-refractivity contribution in [2.24, 2.45) is 0 Å². The minimum absolute atomic E-state index is 0.955. The van der Waals surface area contributed by atoms with Crippen molar-refractivity contribution in [1.82, 2.24) is 0 Å². The molecule has 0 spiro atoms. The molecule has 0 aromatic heterocycles. The van der Waals surface area contributed by atoms with Crippen LogP contribution < -0.4 is 0 Å². The summed E-state index contributed by atoms with van der Waals surface area (Å²) in [5.74, 6) is 7.70. The molecule has 2 aliphatic rings. The molecule has 2 heterocycles. The lowest BCUT2D eigenvalue weighted by molar-refractivity contribution is 1.27. The van der Waals surface area contributed by atoms with Gasteiger partial charge in [-0.15, -0.1) is 0 Å². The van der Waals surface area contributed by atoms with E-state index in [4.69, 9.17) is 0 Å². The normalized spacial score (nSPS) is 23.8. The molecule has 0 aliphatic carbocycles. The van der Waals surface area contributed by atoms with Crippen molar-refractivity contribution < 1.29 is 0 Å². The van der Waals surface area contributed by atoms with E-state index in [0.29, 0.717) is 0 Å². The number of hydrogen-bond donors (Lipinski definition) is 0. The van der Waals surface area contributed by atoms with Gasteiger partial charge in [0.2, 0.25) is 0 Å². The van der Waals surface area contributed by atoms with Crippen LogP contribution in [0.5, 0.6) is 0 Å². The van der Waals surface area contributed by atoms with E-state index in [-0.39, 0.29) is 0 Å². The summed E-state index contributed by atoms with van der Waals surface area (Å²) in [4.78, 5) is 0. The Morgan fingerprint density at radius 2 is 1.35 bits per heavy atom. The van der Waals surface area contributed by atoms with Gasteiger partial charge in [-0.1, -0.05) is 67.4 Å². The van der Waals surface area contributed by atoms with Gasteiger partial charge in [0.05, 0.1) is 0 Å². The Morgan fingerprint density at radius 3 is 1.80 bits per heavy atom. The molecule has 0 saturated carbocycles. The molecule has 3 rings (SSSR count). The largest absolute Gasteiger partial charge is 0.156 e. The summed E-state index contributed by atoms with van der Waals surface area (Å²) in [5.41, 5.74) is 2.96. The molecule has 0 radical (unpaired) electrons. The Labute approximate surface area is 146 Å². The first-order chi connectivity index (χ1) is 9.90. The highest BCUT2D eigenvalue weighted by molar-refractivity contribution is 8.76. The van der Waals surface area contributed by atoms with Crippen molar-refractivity contribution in [3.05, 3.63) is 35.4 Å². The van der Waals surface area contributed by atoms with Gasteiger partial charge in [0, 0.05) is 45.0 Å². The van der Waals surface area contributed by atoms with Crippen LogP contribution in [0.15, 0.2) is 24.3 Å². The molecular weight excluding hydrogens is 361 g/mol. The van der Waals surface area contributed by atoms with Crippen molar-refractivity contribution in [3.8, 4) is 0 Å². The fraction of sp³-hybridized carbons (Fsp3) is 0.571. The van der Waals surface area contributed by atoms with E-state index >= 15 is 0 Å². The van der Waals surface area contributed by atoms with Crippen LogP contribution >= 0.6 is 66.7 Å². The highest BCUT2D eigenvalue weighted by atomic mass is 33.1.